The van der Waals surface area contributed by atoms with Gasteiger partial charge >= 0.3 is 0 Å². The van der Waals surface area contributed by atoms with Crippen molar-refractivity contribution in [2.24, 2.45) is 0 Å². The Labute approximate surface area is 115 Å². The predicted octanol–water partition coefficient (Wildman–Crippen LogP) is 3.56. The molecular weight excluding hydrogens is 266 g/mol. The van der Waals surface area contributed by atoms with Crippen molar-refractivity contribution < 1.29 is 4.92 Å². The highest BCUT2D eigenvalue weighted by Crippen LogP contribution is 2.22. The van der Waals surface area contributed by atoms with Gasteiger partial charge in [0.25, 0.3) is 5.69 Å². The lowest BCUT2D eigenvalue weighted by Crippen LogP contribution is -2.01. The second-order valence-electron chi connectivity index (χ2n) is 4.09. The van der Waals surface area contributed by atoms with E-state index in [-0.39, 0.29) is 10.6 Å². The van der Waals surface area contributed by atoms with Crippen molar-refractivity contribution in [3.8, 4) is 0 Å². The third-order valence-electron chi connectivity index (χ3n) is 2.72. The number of hydrogen-bond acceptors (Lipinski definition) is 4. The normalized spacial score (nSPS) is 10.2. The fourth-order valence-electron chi connectivity index (χ4n) is 1.67. The van der Waals surface area contributed by atoms with Crippen LogP contribution in [0.5, 0.6) is 0 Å². The first-order valence-electron chi connectivity index (χ1n) is 5.65. The van der Waals surface area contributed by atoms with Crippen molar-refractivity contribution >= 4 is 23.0 Å². The number of nitrogens with zero attached hydrogens (tertiary/aromatic N) is 2. The zero-order valence-electron chi connectivity index (χ0n) is 10.3. The standard InChI is InChI=1S/C13H12ClN3O2/c1-9-2-3-10(6-13(9)17(18)19)7-16-12-8-15-5-4-11(12)14/h2-6,8,16H,7H2,1H3. The van der Waals surface area contributed by atoms with Crippen LogP contribution in [-0.4, -0.2) is 9.91 Å². The van der Waals surface area contributed by atoms with Crippen LogP contribution in [0.25, 0.3) is 0 Å². The summed E-state index contributed by atoms with van der Waals surface area (Å²) in [6, 6.07) is 6.83. The number of nitro benzene ring substituents is 1. The van der Waals surface area contributed by atoms with Crippen LogP contribution >= 0.6 is 11.6 Å². The van der Waals surface area contributed by atoms with Gasteiger partial charge in [-0.3, -0.25) is 15.1 Å². The SMILES string of the molecule is Cc1ccc(CNc2cnccc2Cl)cc1[N+](=O)[O-]. The summed E-state index contributed by atoms with van der Waals surface area (Å²) in [5.74, 6) is 0. The molecule has 0 aliphatic heterocycles. The summed E-state index contributed by atoms with van der Waals surface area (Å²) < 4.78 is 0. The summed E-state index contributed by atoms with van der Waals surface area (Å²) >= 11 is 5.99. The maximum absolute atomic E-state index is 10.9. The molecule has 19 heavy (non-hydrogen) atoms. The minimum absolute atomic E-state index is 0.122. The lowest BCUT2D eigenvalue weighted by Gasteiger charge is -2.08. The van der Waals surface area contributed by atoms with Crippen LogP contribution in [-0.2, 0) is 6.54 Å². The van der Waals surface area contributed by atoms with E-state index in [0.29, 0.717) is 22.8 Å². The molecule has 0 amide bonds. The molecule has 1 aromatic heterocycles. The molecule has 0 bridgehead atoms. The number of aromatic nitrogens is 1. The summed E-state index contributed by atoms with van der Waals surface area (Å²) in [7, 11) is 0. The molecule has 2 aromatic rings. The van der Waals surface area contributed by atoms with Crippen molar-refractivity contribution in [1.29, 1.82) is 0 Å². The van der Waals surface area contributed by atoms with Gasteiger partial charge in [-0.2, -0.15) is 0 Å². The van der Waals surface area contributed by atoms with Crippen molar-refractivity contribution in [2.45, 2.75) is 13.5 Å². The van der Waals surface area contributed by atoms with Gasteiger partial charge in [-0.15, -0.1) is 0 Å². The summed E-state index contributed by atoms with van der Waals surface area (Å²) in [5.41, 5.74) is 2.29. The minimum Gasteiger partial charge on any atom is -0.379 e. The molecule has 2 rings (SSSR count). The van der Waals surface area contributed by atoms with E-state index in [1.54, 1.807) is 37.5 Å². The van der Waals surface area contributed by atoms with E-state index in [4.69, 9.17) is 11.6 Å². The van der Waals surface area contributed by atoms with Crippen LogP contribution in [0.4, 0.5) is 11.4 Å². The van der Waals surface area contributed by atoms with E-state index in [2.05, 4.69) is 10.3 Å². The molecule has 0 aliphatic rings. The van der Waals surface area contributed by atoms with Gasteiger partial charge in [0.2, 0.25) is 0 Å². The van der Waals surface area contributed by atoms with Crippen molar-refractivity contribution in [3.63, 3.8) is 0 Å². The number of hydrogen-bond donors (Lipinski definition) is 1. The third-order valence-corrected chi connectivity index (χ3v) is 3.05. The molecule has 1 N–H and O–H groups in total. The van der Waals surface area contributed by atoms with Crippen molar-refractivity contribution in [2.75, 3.05) is 5.32 Å². The maximum Gasteiger partial charge on any atom is 0.272 e. The zero-order valence-corrected chi connectivity index (χ0v) is 11.0. The number of pyridine rings is 1. The molecular formula is C13H12ClN3O2. The Morgan fingerprint density at radius 1 is 1.42 bits per heavy atom. The van der Waals surface area contributed by atoms with E-state index in [1.165, 1.54) is 0 Å². The van der Waals surface area contributed by atoms with Crippen LogP contribution in [0.15, 0.2) is 36.7 Å². The first kappa shape index (κ1) is 13.3. The number of halogens is 1. The number of aryl methyl sites for hydroxylation is 1. The quantitative estimate of drug-likeness (QED) is 0.685. The highest BCUT2D eigenvalue weighted by molar-refractivity contribution is 6.33. The van der Waals surface area contributed by atoms with Gasteiger partial charge in [-0.05, 0) is 18.6 Å². The lowest BCUT2D eigenvalue weighted by atomic mass is 10.1. The summed E-state index contributed by atoms with van der Waals surface area (Å²) in [6.45, 7) is 2.17. The van der Waals surface area contributed by atoms with Gasteiger partial charge in [0.15, 0.2) is 0 Å². The maximum atomic E-state index is 10.9. The average Bonchev–Trinajstić information content (AvgIpc) is 2.39. The molecule has 0 aliphatic carbocycles. The Hall–Kier alpha value is -2.14. The Bertz CT molecular complexity index is 617. The summed E-state index contributed by atoms with van der Waals surface area (Å²) in [4.78, 5) is 14.4. The van der Waals surface area contributed by atoms with Gasteiger partial charge in [0.05, 0.1) is 21.8 Å². The van der Waals surface area contributed by atoms with Crippen LogP contribution in [0.2, 0.25) is 5.02 Å². The molecule has 98 valence electrons. The van der Waals surface area contributed by atoms with Crippen molar-refractivity contribution in [3.05, 3.63) is 62.9 Å². The molecule has 6 heteroatoms. The van der Waals surface area contributed by atoms with Gasteiger partial charge in [-0.25, -0.2) is 0 Å². The number of benzene rings is 1. The fraction of sp³-hybridized carbons (Fsp3) is 0.154. The second-order valence-corrected chi connectivity index (χ2v) is 4.49. The summed E-state index contributed by atoms with van der Waals surface area (Å²) in [5, 5.41) is 14.5. The molecule has 0 atom stereocenters. The predicted molar refractivity (Wildman–Crippen MR) is 74.4 cm³/mol. The van der Waals surface area contributed by atoms with E-state index >= 15 is 0 Å². The van der Waals surface area contributed by atoms with Crippen LogP contribution in [0.1, 0.15) is 11.1 Å². The van der Waals surface area contributed by atoms with E-state index < -0.39 is 0 Å². The average molecular weight is 278 g/mol. The molecule has 5 nitrogen and oxygen atoms in total. The minimum atomic E-state index is -0.379. The van der Waals surface area contributed by atoms with Crippen LogP contribution in [0.3, 0.4) is 0 Å². The molecule has 0 fully saturated rings. The Kier molecular flexibility index (Phi) is 3.97. The number of rotatable bonds is 4. The smallest absolute Gasteiger partial charge is 0.272 e. The Morgan fingerprint density at radius 2 is 2.21 bits per heavy atom. The van der Waals surface area contributed by atoms with E-state index in [1.807, 2.05) is 6.07 Å². The molecule has 0 spiro atoms. The van der Waals surface area contributed by atoms with E-state index in [0.717, 1.165) is 5.56 Å². The highest BCUT2D eigenvalue weighted by Gasteiger charge is 2.10. The molecule has 0 saturated heterocycles. The first-order chi connectivity index (χ1) is 9.08. The topological polar surface area (TPSA) is 68.1 Å². The van der Waals surface area contributed by atoms with Crippen LogP contribution < -0.4 is 5.32 Å². The fourth-order valence-corrected chi connectivity index (χ4v) is 1.84. The van der Waals surface area contributed by atoms with Gasteiger partial charge in [0.1, 0.15) is 0 Å². The number of anilines is 1. The van der Waals surface area contributed by atoms with Gasteiger partial charge < -0.3 is 5.32 Å². The van der Waals surface area contributed by atoms with E-state index in [9.17, 15) is 10.1 Å². The highest BCUT2D eigenvalue weighted by atomic mass is 35.5. The largest absolute Gasteiger partial charge is 0.379 e. The van der Waals surface area contributed by atoms with Crippen LogP contribution in [0, 0.1) is 17.0 Å². The molecule has 0 unspecified atom stereocenters. The third kappa shape index (κ3) is 3.20. The second kappa shape index (κ2) is 5.67. The molecule has 1 heterocycles. The lowest BCUT2D eigenvalue weighted by molar-refractivity contribution is -0.385. The zero-order chi connectivity index (χ0) is 13.8. The number of nitro groups is 1. The Morgan fingerprint density at radius 3 is 2.89 bits per heavy atom. The van der Waals surface area contributed by atoms with Gasteiger partial charge in [0, 0.05) is 24.4 Å². The van der Waals surface area contributed by atoms with Gasteiger partial charge in [-0.1, -0.05) is 23.7 Å². The molecule has 0 radical (unpaired) electrons. The Balaban J connectivity index is 2.14. The molecule has 0 saturated carbocycles. The van der Waals surface area contributed by atoms with Crippen molar-refractivity contribution in [1.82, 2.24) is 4.98 Å². The first-order valence-corrected chi connectivity index (χ1v) is 6.03. The molecule has 1 aromatic carbocycles. The number of nitrogens with one attached hydrogen (secondary N) is 1. The monoisotopic (exact) mass is 277 g/mol. The summed E-state index contributed by atoms with van der Waals surface area (Å²) in [6.07, 6.45) is 3.22.